The predicted molar refractivity (Wildman–Crippen MR) is 112 cm³/mol. The Labute approximate surface area is 172 Å². The number of rotatable bonds is 3. The first-order valence-corrected chi connectivity index (χ1v) is 8.98. The van der Waals surface area contributed by atoms with Gasteiger partial charge in [0.05, 0.1) is 11.4 Å². The molecule has 2 aromatic rings. The molecule has 1 saturated heterocycles. The molecule has 0 radical (unpaired) electrons. The summed E-state index contributed by atoms with van der Waals surface area (Å²) in [7, 11) is 0. The summed E-state index contributed by atoms with van der Waals surface area (Å²) < 4.78 is 0. The summed E-state index contributed by atoms with van der Waals surface area (Å²) in [5.41, 5.74) is 8.99. The molecule has 0 unspecified atom stereocenters. The van der Waals surface area contributed by atoms with Crippen LogP contribution in [0, 0.1) is 13.8 Å². The highest BCUT2D eigenvalue weighted by molar-refractivity contribution is 5.85. The summed E-state index contributed by atoms with van der Waals surface area (Å²) in [5.74, 6) is 2.53. The van der Waals surface area contributed by atoms with Gasteiger partial charge in [0.25, 0.3) is 0 Å². The van der Waals surface area contributed by atoms with Crippen LogP contribution in [-0.2, 0) is 0 Å². The van der Waals surface area contributed by atoms with E-state index in [-0.39, 0.29) is 24.8 Å². The number of hydrogen-bond acceptors (Lipinski definition) is 7. The zero-order chi connectivity index (χ0) is 17.4. The molecule has 3 heterocycles. The van der Waals surface area contributed by atoms with E-state index in [0.29, 0.717) is 12.0 Å². The summed E-state index contributed by atoms with van der Waals surface area (Å²) in [4.78, 5) is 22.7. The monoisotopic (exact) mass is 411 g/mol. The van der Waals surface area contributed by atoms with Crippen LogP contribution in [0.5, 0.6) is 0 Å². The van der Waals surface area contributed by atoms with Crippen LogP contribution in [0.2, 0.25) is 0 Å². The SMILES string of the molecule is Cc1cnc(C)c(N2CCN(c3cc(C4CC(N)C4)ncn3)CC2)n1.Cl.Cl. The van der Waals surface area contributed by atoms with Gasteiger partial charge in [-0.15, -0.1) is 24.8 Å². The molecule has 2 N–H and O–H groups in total. The minimum absolute atomic E-state index is 0. The summed E-state index contributed by atoms with van der Waals surface area (Å²) in [6.07, 6.45) is 5.59. The Morgan fingerprint density at radius 3 is 2.30 bits per heavy atom. The number of halogens is 2. The number of aromatic nitrogens is 4. The molecule has 0 aromatic carbocycles. The van der Waals surface area contributed by atoms with Gasteiger partial charge in [-0.3, -0.25) is 4.98 Å². The Hall–Kier alpha value is -1.70. The van der Waals surface area contributed by atoms with Gasteiger partial charge in [-0.1, -0.05) is 0 Å². The van der Waals surface area contributed by atoms with Gasteiger partial charge >= 0.3 is 0 Å². The second-order valence-electron chi connectivity index (χ2n) is 7.12. The van der Waals surface area contributed by atoms with E-state index >= 15 is 0 Å². The molecule has 7 nitrogen and oxygen atoms in total. The average Bonchev–Trinajstić information content (AvgIpc) is 2.61. The van der Waals surface area contributed by atoms with Crippen molar-refractivity contribution < 1.29 is 0 Å². The Bertz CT molecular complexity index is 759. The number of nitrogens with zero attached hydrogens (tertiary/aromatic N) is 6. The van der Waals surface area contributed by atoms with Crippen LogP contribution in [0.15, 0.2) is 18.6 Å². The maximum absolute atomic E-state index is 5.91. The molecular formula is C18H27Cl2N7. The molecule has 1 saturated carbocycles. The Balaban J connectivity index is 0.00000131. The Morgan fingerprint density at radius 2 is 1.63 bits per heavy atom. The molecule has 1 aliphatic heterocycles. The summed E-state index contributed by atoms with van der Waals surface area (Å²) in [5, 5.41) is 0. The Kier molecular flexibility index (Phi) is 7.19. The first kappa shape index (κ1) is 21.6. The summed E-state index contributed by atoms with van der Waals surface area (Å²) in [6.45, 7) is 7.71. The fourth-order valence-corrected chi connectivity index (χ4v) is 3.63. The lowest BCUT2D eigenvalue weighted by atomic mass is 9.78. The topological polar surface area (TPSA) is 84.1 Å². The molecule has 0 bridgehead atoms. The van der Waals surface area contributed by atoms with Crippen molar-refractivity contribution >= 4 is 36.4 Å². The van der Waals surface area contributed by atoms with Gasteiger partial charge in [-0.2, -0.15) is 0 Å². The normalized spacial score (nSPS) is 21.7. The standard InChI is InChI=1S/C18H25N7.2ClH/c1-12-10-20-13(2)18(23-12)25-5-3-24(4-6-25)17-9-16(21-11-22-17)14-7-15(19)8-14;;/h9-11,14-15H,3-8,19H2,1-2H3;2*1H. The lowest BCUT2D eigenvalue weighted by Crippen LogP contribution is -2.47. The largest absolute Gasteiger partial charge is 0.353 e. The van der Waals surface area contributed by atoms with Gasteiger partial charge < -0.3 is 15.5 Å². The van der Waals surface area contributed by atoms with Crippen LogP contribution >= 0.6 is 24.8 Å². The van der Waals surface area contributed by atoms with Gasteiger partial charge in [-0.05, 0) is 26.7 Å². The quantitative estimate of drug-likeness (QED) is 0.828. The van der Waals surface area contributed by atoms with E-state index in [4.69, 9.17) is 5.73 Å². The molecule has 0 amide bonds. The van der Waals surface area contributed by atoms with Gasteiger partial charge in [0.1, 0.15) is 18.0 Å². The van der Waals surface area contributed by atoms with Crippen molar-refractivity contribution in [2.75, 3.05) is 36.0 Å². The molecular weight excluding hydrogens is 385 g/mol. The molecule has 0 spiro atoms. The highest BCUT2D eigenvalue weighted by Gasteiger charge is 2.29. The maximum atomic E-state index is 5.91. The van der Waals surface area contributed by atoms with Crippen LogP contribution in [-0.4, -0.2) is 52.2 Å². The third-order valence-electron chi connectivity index (χ3n) is 5.22. The van der Waals surface area contributed by atoms with Gasteiger partial charge in [0.2, 0.25) is 0 Å². The van der Waals surface area contributed by atoms with Crippen molar-refractivity contribution in [2.45, 2.75) is 38.6 Å². The van der Waals surface area contributed by atoms with Gasteiger partial charge in [0.15, 0.2) is 0 Å². The number of anilines is 2. The third kappa shape index (κ3) is 4.59. The Morgan fingerprint density at radius 1 is 0.963 bits per heavy atom. The van der Waals surface area contributed by atoms with E-state index in [1.54, 1.807) is 6.33 Å². The zero-order valence-corrected chi connectivity index (χ0v) is 17.3. The molecule has 2 fully saturated rings. The second-order valence-corrected chi connectivity index (χ2v) is 7.12. The summed E-state index contributed by atoms with van der Waals surface area (Å²) in [6, 6.07) is 2.48. The second kappa shape index (κ2) is 8.99. The molecule has 9 heteroatoms. The summed E-state index contributed by atoms with van der Waals surface area (Å²) >= 11 is 0. The average molecular weight is 412 g/mol. The van der Waals surface area contributed by atoms with Crippen molar-refractivity contribution in [1.29, 1.82) is 0 Å². The predicted octanol–water partition coefficient (Wildman–Crippen LogP) is 2.26. The lowest BCUT2D eigenvalue weighted by molar-refractivity contribution is 0.345. The van der Waals surface area contributed by atoms with Crippen LogP contribution in [0.1, 0.15) is 35.8 Å². The highest BCUT2D eigenvalue weighted by atomic mass is 35.5. The maximum Gasteiger partial charge on any atom is 0.150 e. The minimum Gasteiger partial charge on any atom is -0.353 e. The van der Waals surface area contributed by atoms with Crippen molar-refractivity contribution in [3.05, 3.63) is 35.7 Å². The number of piperazine rings is 1. The fourth-order valence-electron chi connectivity index (χ4n) is 3.63. The van der Waals surface area contributed by atoms with Crippen LogP contribution in [0.25, 0.3) is 0 Å². The van der Waals surface area contributed by atoms with E-state index in [1.807, 2.05) is 20.0 Å². The van der Waals surface area contributed by atoms with E-state index in [1.165, 1.54) is 0 Å². The van der Waals surface area contributed by atoms with Crippen molar-refractivity contribution in [2.24, 2.45) is 5.73 Å². The minimum atomic E-state index is 0. The number of aryl methyl sites for hydroxylation is 2. The van der Waals surface area contributed by atoms with Crippen LogP contribution in [0.3, 0.4) is 0 Å². The van der Waals surface area contributed by atoms with E-state index < -0.39 is 0 Å². The fraction of sp³-hybridized carbons (Fsp3) is 0.556. The lowest BCUT2D eigenvalue weighted by Gasteiger charge is -2.37. The molecule has 2 aromatic heterocycles. The zero-order valence-electron chi connectivity index (χ0n) is 15.7. The van der Waals surface area contributed by atoms with Crippen molar-refractivity contribution in [1.82, 2.24) is 19.9 Å². The first-order chi connectivity index (χ1) is 12.1. The van der Waals surface area contributed by atoms with E-state index in [0.717, 1.165) is 67.7 Å². The molecule has 27 heavy (non-hydrogen) atoms. The highest BCUT2D eigenvalue weighted by Crippen LogP contribution is 2.35. The first-order valence-electron chi connectivity index (χ1n) is 8.98. The van der Waals surface area contributed by atoms with Crippen molar-refractivity contribution in [3.8, 4) is 0 Å². The van der Waals surface area contributed by atoms with Gasteiger partial charge in [0, 0.05) is 56.1 Å². The van der Waals surface area contributed by atoms with Crippen LogP contribution < -0.4 is 15.5 Å². The molecule has 148 valence electrons. The smallest absolute Gasteiger partial charge is 0.150 e. The molecule has 0 atom stereocenters. The molecule has 2 aliphatic rings. The molecule has 1 aliphatic carbocycles. The van der Waals surface area contributed by atoms with E-state index in [2.05, 4.69) is 35.8 Å². The van der Waals surface area contributed by atoms with E-state index in [9.17, 15) is 0 Å². The van der Waals surface area contributed by atoms with Crippen LogP contribution in [0.4, 0.5) is 11.6 Å². The number of hydrogen-bond donors (Lipinski definition) is 1. The van der Waals surface area contributed by atoms with Crippen molar-refractivity contribution in [3.63, 3.8) is 0 Å². The van der Waals surface area contributed by atoms with Gasteiger partial charge in [-0.25, -0.2) is 15.0 Å². The molecule has 4 rings (SSSR count). The third-order valence-corrected chi connectivity index (χ3v) is 5.22. The number of nitrogens with two attached hydrogens (primary N) is 1.